The standard InChI is InChI=1S/C56H45B2N5O2/c1-55(2)27-28-56(3,4)39-31-36(23-24-38(39)55)62-44-25-29-59-53-49(44)58(52-51(37-19-11-14-22-47(37)64-52)63(53)35-17-9-6-10-18-35)41-32-42-48(33-46(41)62)65-54-50-45(26-30-60-54)61(34-15-7-5-8-16-34)43-21-13-12-20-40(43)57(42)50/h5-26,29-33,38-39H,27-28H2,1-4H3. The minimum atomic E-state index is -0.256. The summed E-state index contributed by atoms with van der Waals surface area (Å²) in [6, 6.07) is 47.7. The van der Waals surface area contributed by atoms with Gasteiger partial charge < -0.3 is 19.0 Å². The summed E-state index contributed by atoms with van der Waals surface area (Å²) >= 11 is 0. The SMILES string of the molecule is CC1(C)CCC(C)(C)C2C=C(N3c4cc5c(cc4B4c6oc7ccccc7c6N(c6ccccc6)c6nccc3c64)B3c4ccccc4N(c4ccccc4)c4ccnc(c43)O5)C=CC21. The van der Waals surface area contributed by atoms with E-state index in [0.29, 0.717) is 17.7 Å². The molecule has 7 nitrogen and oxygen atoms in total. The molecule has 5 aromatic carbocycles. The van der Waals surface area contributed by atoms with Gasteiger partial charge in [0.05, 0.1) is 11.3 Å². The normalized spacial score (nSPS) is 19.8. The Hall–Kier alpha value is -7.25. The average molecular weight is 842 g/mol. The molecule has 2 aliphatic carbocycles. The molecule has 2 unspecified atom stereocenters. The van der Waals surface area contributed by atoms with Crippen molar-refractivity contribution in [2.45, 2.75) is 40.5 Å². The van der Waals surface area contributed by atoms with Crippen LogP contribution < -0.4 is 52.4 Å². The molecule has 312 valence electrons. The number of fused-ring (bicyclic) bond motifs is 11. The van der Waals surface area contributed by atoms with Crippen LogP contribution in [0.3, 0.4) is 0 Å². The Morgan fingerprint density at radius 3 is 2.06 bits per heavy atom. The molecule has 0 amide bonds. The third kappa shape index (κ3) is 5.09. The Labute approximate surface area is 379 Å². The summed E-state index contributed by atoms with van der Waals surface area (Å²) in [6.45, 7) is 9.46. The average Bonchev–Trinajstić information content (AvgIpc) is 3.72. The van der Waals surface area contributed by atoms with Crippen molar-refractivity contribution in [3.63, 3.8) is 0 Å². The van der Waals surface area contributed by atoms with Gasteiger partial charge in [-0.15, -0.1) is 0 Å². The molecule has 1 fully saturated rings. The Balaban J connectivity index is 1.05. The first-order valence-electron chi connectivity index (χ1n) is 23.1. The first-order valence-corrected chi connectivity index (χ1v) is 23.1. The van der Waals surface area contributed by atoms with Crippen molar-refractivity contribution in [3.8, 4) is 11.6 Å². The van der Waals surface area contributed by atoms with Crippen molar-refractivity contribution < 1.29 is 9.15 Å². The van der Waals surface area contributed by atoms with Crippen molar-refractivity contribution in [1.82, 2.24) is 9.97 Å². The van der Waals surface area contributed by atoms with Crippen molar-refractivity contribution in [3.05, 3.63) is 170 Å². The fourth-order valence-electron chi connectivity index (χ4n) is 12.4. The van der Waals surface area contributed by atoms with Crippen LogP contribution in [0.25, 0.3) is 11.0 Å². The maximum Gasteiger partial charge on any atom is 0.299 e. The third-order valence-corrected chi connectivity index (χ3v) is 15.7. The minimum Gasteiger partial charge on any atom is -0.468 e. The number of furan rings is 1. The van der Waals surface area contributed by atoms with Crippen LogP contribution in [0.1, 0.15) is 40.5 Å². The van der Waals surface area contributed by atoms with E-state index in [1.807, 2.05) is 12.4 Å². The Kier molecular flexibility index (Phi) is 7.53. The van der Waals surface area contributed by atoms with E-state index in [4.69, 9.17) is 19.1 Å². The van der Waals surface area contributed by atoms with E-state index in [0.717, 1.165) is 84.4 Å². The Bertz CT molecular complexity index is 3380. The molecule has 2 atom stereocenters. The topological polar surface area (TPSA) is 57.9 Å². The molecule has 8 aromatic rings. The molecule has 0 radical (unpaired) electrons. The second-order valence-electron chi connectivity index (χ2n) is 20.1. The van der Waals surface area contributed by atoms with Crippen LogP contribution in [0.2, 0.25) is 0 Å². The van der Waals surface area contributed by atoms with Crippen LogP contribution in [0.5, 0.6) is 11.6 Å². The summed E-state index contributed by atoms with van der Waals surface area (Å²) in [5.41, 5.74) is 16.6. The number of rotatable bonds is 3. The number of nitrogens with zero attached hydrogens (tertiary/aromatic N) is 5. The summed E-state index contributed by atoms with van der Waals surface area (Å²) in [5.74, 6) is 3.18. The van der Waals surface area contributed by atoms with Gasteiger partial charge >= 0.3 is 0 Å². The monoisotopic (exact) mass is 841 g/mol. The van der Waals surface area contributed by atoms with Gasteiger partial charge in [0.1, 0.15) is 17.2 Å². The van der Waals surface area contributed by atoms with E-state index in [9.17, 15) is 0 Å². The van der Waals surface area contributed by atoms with E-state index in [2.05, 4.69) is 194 Å². The van der Waals surface area contributed by atoms with Gasteiger partial charge in [-0.1, -0.05) is 113 Å². The number of aromatic nitrogens is 2. The maximum atomic E-state index is 7.19. The number of anilines is 8. The quantitative estimate of drug-likeness (QED) is 0.164. The molecule has 0 N–H and O–H groups in total. The molecule has 4 aliphatic heterocycles. The largest absolute Gasteiger partial charge is 0.468 e. The van der Waals surface area contributed by atoms with Gasteiger partial charge in [0.25, 0.3) is 13.4 Å². The van der Waals surface area contributed by atoms with Crippen LogP contribution >= 0.6 is 0 Å². The lowest BCUT2D eigenvalue weighted by Gasteiger charge is -2.52. The molecule has 0 spiro atoms. The summed E-state index contributed by atoms with van der Waals surface area (Å²) in [7, 11) is 0. The zero-order chi connectivity index (χ0) is 43.3. The van der Waals surface area contributed by atoms with Gasteiger partial charge in [-0.2, -0.15) is 0 Å². The van der Waals surface area contributed by atoms with Crippen LogP contribution in [-0.2, 0) is 0 Å². The second-order valence-corrected chi connectivity index (χ2v) is 20.1. The lowest BCUT2D eigenvalue weighted by atomic mass is 9.31. The number of para-hydroxylation sites is 4. The summed E-state index contributed by atoms with van der Waals surface area (Å²) < 4.78 is 14.3. The maximum absolute atomic E-state index is 7.19. The van der Waals surface area contributed by atoms with Crippen molar-refractivity contribution in [1.29, 1.82) is 0 Å². The fraction of sp³-hybridized carbons (Fsp3) is 0.179. The highest BCUT2D eigenvalue weighted by molar-refractivity contribution is 7.02. The summed E-state index contributed by atoms with van der Waals surface area (Å²) in [6.07, 6.45) is 13.8. The van der Waals surface area contributed by atoms with Crippen LogP contribution in [0, 0.1) is 22.7 Å². The number of allylic oxidation sites excluding steroid dienone is 3. The van der Waals surface area contributed by atoms with Crippen molar-refractivity contribution in [2.24, 2.45) is 22.7 Å². The fourth-order valence-corrected chi connectivity index (χ4v) is 12.4. The van der Waals surface area contributed by atoms with E-state index in [1.54, 1.807) is 0 Å². The molecule has 0 bridgehead atoms. The van der Waals surface area contributed by atoms with Crippen molar-refractivity contribution in [2.75, 3.05) is 14.7 Å². The molecule has 0 saturated heterocycles. The highest BCUT2D eigenvalue weighted by atomic mass is 16.5. The number of hydrogen-bond acceptors (Lipinski definition) is 7. The Morgan fingerprint density at radius 2 is 1.26 bits per heavy atom. The van der Waals surface area contributed by atoms with Gasteiger partial charge in [-0.25, -0.2) is 9.97 Å². The van der Waals surface area contributed by atoms with E-state index in [1.165, 1.54) is 29.5 Å². The minimum absolute atomic E-state index is 0.124. The molecule has 3 aromatic heterocycles. The molecule has 6 aliphatic rings. The highest BCUT2D eigenvalue weighted by Gasteiger charge is 2.52. The predicted octanol–water partition coefficient (Wildman–Crippen LogP) is 9.91. The molecule has 9 heteroatoms. The third-order valence-electron chi connectivity index (χ3n) is 15.7. The zero-order valence-corrected chi connectivity index (χ0v) is 36.9. The van der Waals surface area contributed by atoms with E-state index < -0.39 is 0 Å². The predicted molar refractivity (Wildman–Crippen MR) is 267 cm³/mol. The van der Waals surface area contributed by atoms with E-state index >= 15 is 0 Å². The van der Waals surface area contributed by atoms with Crippen LogP contribution in [0.15, 0.2) is 174 Å². The molecule has 14 rings (SSSR count). The van der Waals surface area contributed by atoms with Gasteiger partial charge in [0.2, 0.25) is 5.88 Å². The first kappa shape index (κ1) is 37.2. The number of ether oxygens (including phenoxy) is 1. The lowest BCUT2D eigenvalue weighted by Crippen LogP contribution is -2.64. The second kappa shape index (κ2) is 13.2. The molecule has 1 saturated carbocycles. The lowest BCUT2D eigenvalue weighted by molar-refractivity contribution is 0.0327. The van der Waals surface area contributed by atoms with Gasteiger partial charge in [0.15, 0.2) is 0 Å². The molecule has 65 heavy (non-hydrogen) atoms. The highest BCUT2D eigenvalue weighted by Crippen LogP contribution is 2.56. The van der Waals surface area contributed by atoms with Crippen LogP contribution in [0.4, 0.5) is 45.6 Å². The summed E-state index contributed by atoms with van der Waals surface area (Å²) in [4.78, 5) is 17.5. The Morgan fingerprint density at radius 1 is 0.585 bits per heavy atom. The smallest absolute Gasteiger partial charge is 0.299 e. The number of pyridine rings is 2. The zero-order valence-electron chi connectivity index (χ0n) is 36.9. The molecular formula is C56H45B2N5O2. The van der Waals surface area contributed by atoms with Gasteiger partial charge in [0, 0.05) is 74.6 Å². The van der Waals surface area contributed by atoms with Crippen LogP contribution in [-0.4, -0.2) is 23.4 Å². The molecular weight excluding hydrogens is 796 g/mol. The number of benzene rings is 5. The molecule has 7 heterocycles. The van der Waals surface area contributed by atoms with E-state index in [-0.39, 0.29) is 24.3 Å². The van der Waals surface area contributed by atoms with Crippen molar-refractivity contribution >= 4 is 103 Å². The summed E-state index contributed by atoms with van der Waals surface area (Å²) in [5, 5.41) is 1.06. The first-order chi connectivity index (χ1) is 31.7. The van der Waals surface area contributed by atoms with Gasteiger partial charge in [-0.05, 0) is 113 Å². The number of hydrogen-bond donors (Lipinski definition) is 0. The van der Waals surface area contributed by atoms with Gasteiger partial charge in [-0.3, -0.25) is 4.90 Å².